The van der Waals surface area contributed by atoms with Crippen LogP contribution >= 0.6 is 0 Å². The smallest absolute Gasteiger partial charge is 0.386 e. The highest BCUT2D eigenvalue weighted by Gasteiger charge is 2.34. The molecule has 0 aromatic heterocycles. The zero-order valence-corrected chi connectivity index (χ0v) is 23.4. The van der Waals surface area contributed by atoms with Crippen molar-refractivity contribution in [1.82, 2.24) is 15.3 Å². The first-order chi connectivity index (χ1) is 18.3. The zero-order valence-electron chi connectivity index (χ0n) is 23.4. The van der Waals surface area contributed by atoms with Crippen LogP contribution < -0.4 is 16.9 Å². The van der Waals surface area contributed by atoms with Gasteiger partial charge in [-0.15, -0.1) is 0 Å². The highest BCUT2D eigenvalue weighted by Crippen LogP contribution is 2.30. The third-order valence-electron chi connectivity index (χ3n) is 7.56. The Morgan fingerprint density at radius 1 is 1.18 bits per heavy atom. The number of hydrogen-bond donors (Lipinski definition) is 3. The van der Waals surface area contributed by atoms with E-state index in [1.165, 1.54) is 44.9 Å². The van der Waals surface area contributed by atoms with E-state index in [1.807, 2.05) is 6.08 Å². The predicted octanol–water partition coefficient (Wildman–Crippen LogP) is 3.76. The number of hydrogen-bond acceptors (Lipinski definition) is 6. The van der Waals surface area contributed by atoms with E-state index >= 15 is 0 Å². The van der Waals surface area contributed by atoms with Crippen LogP contribution in [0.1, 0.15) is 71.6 Å². The highest BCUT2D eigenvalue weighted by molar-refractivity contribution is 5.96. The first-order valence-corrected chi connectivity index (χ1v) is 14.3. The van der Waals surface area contributed by atoms with Crippen molar-refractivity contribution in [2.75, 3.05) is 39.5 Å². The summed E-state index contributed by atoms with van der Waals surface area (Å²) in [5.41, 5.74) is 14.6. The van der Waals surface area contributed by atoms with Crippen molar-refractivity contribution in [1.29, 1.82) is 0 Å². The molecule has 214 valence electrons. The van der Waals surface area contributed by atoms with Crippen LogP contribution in [0.2, 0.25) is 0 Å². The van der Waals surface area contributed by atoms with Crippen LogP contribution in [0.25, 0.3) is 0 Å². The number of carbonyl (C=O) groups excluding carboxylic acids is 1. The molecular weight excluding hydrogens is 482 g/mol. The lowest BCUT2D eigenvalue weighted by Crippen LogP contribution is -2.54. The number of nitrogens with one attached hydrogen (secondary N) is 1. The van der Waals surface area contributed by atoms with Crippen molar-refractivity contribution in [3.63, 3.8) is 0 Å². The van der Waals surface area contributed by atoms with Crippen molar-refractivity contribution in [2.24, 2.45) is 39.2 Å². The largest absolute Gasteiger partial charge is 0.428 e. The normalized spacial score (nSPS) is 24.1. The summed E-state index contributed by atoms with van der Waals surface area (Å²) in [5.74, 6) is 2.17. The lowest BCUT2D eigenvalue weighted by molar-refractivity contribution is -0.0529. The third kappa shape index (κ3) is 10.7. The molecule has 1 aliphatic carbocycles. The van der Waals surface area contributed by atoms with Gasteiger partial charge >= 0.3 is 6.09 Å². The topological polar surface area (TPSA) is 131 Å². The molecule has 3 fully saturated rings. The summed E-state index contributed by atoms with van der Waals surface area (Å²) in [5, 5.41) is 0. The summed E-state index contributed by atoms with van der Waals surface area (Å²) >= 11 is 0. The van der Waals surface area contributed by atoms with Crippen molar-refractivity contribution in [3.05, 3.63) is 24.4 Å². The second-order valence-corrected chi connectivity index (χ2v) is 11.3. The van der Waals surface area contributed by atoms with Crippen molar-refractivity contribution in [2.45, 2.75) is 77.7 Å². The van der Waals surface area contributed by atoms with Gasteiger partial charge in [-0.3, -0.25) is 9.80 Å². The lowest BCUT2D eigenvalue weighted by atomic mass is 9.86. The van der Waals surface area contributed by atoms with Crippen LogP contribution in [0, 0.1) is 17.8 Å². The fraction of sp³-hybridized carbons (Fsp3) is 0.750. The third-order valence-corrected chi connectivity index (χ3v) is 7.56. The molecule has 10 nitrogen and oxygen atoms in total. The number of aliphatic imine (C=N–C) groups is 2. The number of allylic oxidation sites excluding steroid dienone is 2. The molecule has 10 heteroatoms. The molecule has 0 aromatic rings. The van der Waals surface area contributed by atoms with E-state index in [0.29, 0.717) is 48.3 Å². The molecule has 3 rings (SSSR count). The molecule has 38 heavy (non-hydrogen) atoms. The number of guanidine groups is 1. The second-order valence-electron chi connectivity index (χ2n) is 11.3. The number of nitrogens with zero attached hydrogens (tertiary/aromatic N) is 4. The zero-order chi connectivity index (χ0) is 27.3. The molecule has 1 amide bonds. The Morgan fingerprint density at radius 3 is 2.71 bits per heavy atom. The highest BCUT2D eigenvalue weighted by atomic mass is 16.7. The summed E-state index contributed by atoms with van der Waals surface area (Å²) in [6, 6.07) is 0.564. The van der Waals surface area contributed by atoms with Gasteiger partial charge in [0.05, 0.1) is 19.8 Å². The molecule has 2 aliphatic heterocycles. The van der Waals surface area contributed by atoms with E-state index in [1.54, 1.807) is 0 Å². The molecule has 5 N–H and O–H groups in total. The van der Waals surface area contributed by atoms with Crippen LogP contribution in [0.5, 0.6) is 0 Å². The molecule has 0 spiro atoms. The maximum absolute atomic E-state index is 11.2. The number of fused-ring (bicyclic) bond motifs is 1. The standard InChI is InChI=1S/C28H49N7O3/c1-21(2)9-7-10-22(3)31-28(33-38-27(30)36)32-26(29)18-34(17-23-11-5-4-6-12-23)20-35-15-8-13-24-19-37-16-14-25(24)35/h7,9,21,23-25H,3-6,8,10-20H2,1-2H3,(H2,30,36)(H3,29,31,32,33)/b9-7-. The van der Waals surface area contributed by atoms with E-state index in [9.17, 15) is 4.79 Å². The minimum atomic E-state index is -0.980. The minimum absolute atomic E-state index is 0.0596. The van der Waals surface area contributed by atoms with E-state index in [0.717, 1.165) is 39.4 Å². The van der Waals surface area contributed by atoms with Crippen LogP contribution in [0.3, 0.4) is 0 Å². The molecular formula is C28H49N7O3. The first kappa shape index (κ1) is 30.1. The SMILES string of the molecule is C=C(C/C=C\C(C)C)/N=C(\N=C(\N)CN(CC1CCCCC1)CN1CCCC2COCCC21)NOC(N)=O. The van der Waals surface area contributed by atoms with Gasteiger partial charge in [0.1, 0.15) is 5.84 Å². The Kier molecular flexibility index (Phi) is 12.6. The van der Waals surface area contributed by atoms with Crippen molar-refractivity contribution >= 4 is 17.9 Å². The number of rotatable bonds is 10. The summed E-state index contributed by atoms with van der Waals surface area (Å²) < 4.78 is 5.77. The van der Waals surface area contributed by atoms with E-state index < -0.39 is 6.09 Å². The van der Waals surface area contributed by atoms with Gasteiger partial charge in [0.15, 0.2) is 0 Å². The predicted molar refractivity (Wildman–Crippen MR) is 152 cm³/mol. The van der Waals surface area contributed by atoms with Crippen LogP contribution in [0.15, 0.2) is 34.4 Å². The number of hydroxylamine groups is 1. The van der Waals surface area contributed by atoms with Crippen LogP contribution in [-0.4, -0.2) is 73.2 Å². The molecule has 2 heterocycles. The van der Waals surface area contributed by atoms with E-state index in [-0.39, 0.29) is 5.96 Å². The first-order valence-electron chi connectivity index (χ1n) is 14.3. The lowest BCUT2D eigenvalue weighted by Gasteiger charge is -2.46. The van der Waals surface area contributed by atoms with E-state index in [4.69, 9.17) is 21.0 Å². The molecule has 1 saturated carbocycles. The van der Waals surface area contributed by atoms with Gasteiger partial charge in [0.2, 0.25) is 0 Å². The molecule has 2 unspecified atom stereocenters. The molecule has 3 aliphatic rings. The number of primary amides is 1. The number of likely N-dealkylation sites (tertiary alicyclic amines) is 1. The molecule has 2 saturated heterocycles. The monoisotopic (exact) mass is 531 g/mol. The Bertz CT molecular complexity index is 849. The second kappa shape index (κ2) is 15.9. The van der Waals surface area contributed by atoms with Gasteiger partial charge in [0, 0.05) is 31.3 Å². The van der Waals surface area contributed by atoms with Crippen LogP contribution in [-0.2, 0) is 9.57 Å². The Hall–Kier alpha value is -2.43. The Balaban J connectivity index is 1.72. The fourth-order valence-electron chi connectivity index (χ4n) is 5.84. The van der Waals surface area contributed by atoms with Crippen molar-refractivity contribution in [3.8, 4) is 0 Å². The van der Waals surface area contributed by atoms with Gasteiger partial charge in [-0.2, -0.15) is 10.5 Å². The van der Waals surface area contributed by atoms with Gasteiger partial charge in [0.25, 0.3) is 5.96 Å². The van der Waals surface area contributed by atoms with E-state index in [2.05, 4.69) is 51.8 Å². The van der Waals surface area contributed by atoms with Gasteiger partial charge in [-0.25, -0.2) is 9.79 Å². The Labute approximate surface area is 228 Å². The number of piperidine rings is 1. The maximum atomic E-state index is 11.2. The number of amides is 1. The molecule has 0 bridgehead atoms. The summed E-state index contributed by atoms with van der Waals surface area (Å²) in [7, 11) is 0. The van der Waals surface area contributed by atoms with Crippen LogP contribution in [0.4, 0.5) is 4.79 Å². The number of ether oxygens (including phenoxy) is 1. The van der Waals surface area contributed by atoms with Gasteiger partial charge < -0.3 is 21.0 Å². The molecule has 0 radical (unpaired) electrons. The minimum Gasteiger partial charge on any atom is -0.386 e. The molecule has 2 atom stereocenters. The number of amidine groups is 1. The summed E-state index contributed by atoms with van der Waals surface area (Å²) in [6.45, 7) is 13.4. The van der Waals surface area contributed by atoms with Crippen molar-refractivity contribution < 1.29 is 14.4 Å². The quantitative estimate of drug-likeness (QED) is 0.169. The van der Waals surface area contributed by atoms with Gasteiger partial charge in [-0.1, -0.05) is 51.8 Å². The molecule has 0 aromatic carbocycles. The number of nitrogens with two attached hydrogens (primary N) is 2. The summed E-state index contributed by atoms with van der Waals surface area (Å²) in [4.78, 5) is 29.9. The average Bonchev–Trinajstić information content (AvgIpc) is 2.88. The fourth-order valence-corrected chi connectivity index (χ4v) is 5.84. The maximum Gasteiger partial charge on any atom is 0.428 e. The summed E-state index contributed by atoms with van der Waals surface area (Å²) in [6.07, 6.45) is 13.6. The van der Waals surface area contributed by atoms with Gasteiger partial charge in [-0.05, 0) is 56.4 Å². The number of carbonyl (C=O) groups is 1. The average molecular weight is 532 g/mol. The Morgan fingerprint density at radius 2 is 1.97 bits per heavy atom.